The predicted molar refractivity (Wildman–Crippen MR) is 50.7 cm³/mol. The van der Waals surface area contributed by atoms with Crippen LogP contribution in [-0.4, -0.2) is 0 Å². The number of hydrogen-bond acceptors (Lipinski definition) is 0. The molecule has 0 saturated carbocycles. The van der Waals surface area contributed by atoms with E-state index in [1.54, 1.807) is 19.1 Å². The normalized spacial score (nSPS) is 11.4. The molecule has 0 fully saturated rings. The summed E-state index contributed by atoms with van der Waals surface area (Å²) in [6.07, 6.45) is 0. The molecule has 1 aromatic carbocycles. The molecule has 0 heterocycles. The first kappa shape index (κ1) is 9.90. The van der Waals surface area contributed by atoms with Gasteiger partial charge < -0.3 is 0 Å². The topological polar surface area (TPSA) is 0 Å². The third kappa shape index (κ3) is 2.38. The molecule has 0 aliphatic heterocycles. The van der Waals surface area contributed by atoms with Crippen molar-refractivity contribution >= 4 is 5.57 Å². The van der Waals surface area contributed by atoms with Crippen molar-refractivity contribution in [3.8, 4) is 0 Å². The van der Waals surface area contributed by atoms with E-state index in [1.165, 1.54) is 12.1 Å². The van der Waals surface area contributed by atoms with E-state index in [4.69, 9.17) is 0 Å². The van der Waals surface area contributed by atoms with Gasteiger partial charge in [0, 0.05) is 12.5 Å². The average molecular weight is 182 g/mol. The van der Waals surface area contributed by atoms with Gasteiger partial charge in [-0.15, -0.1) is 0 Å². The van der Waals surface area contributed by atoms with E-state index >= 15 is 0 Å². The SMILES string of the molecule is C=C(C)c1cccc(C(C)(F)F)c1. The number of halogens is 2. The molecule has 0 unspecified atom stereocenters. The van der Waals surface area contributed by atoms with Crippen LogP contribution in [-0.2, 0) is 5.92 Å². The monoisotopic (exact) mass is 182 g/mol. The maximum atomic E-state index is 12.9. The van der Waals surface area contributed by atoms with Crippen molar-refractivity contribution in [3.05, 3.63) is 42.0 Å². The molecule has 0 spiro atoms. The van der Waals surface area contributed by atoms with Gasteiger partial charge >= 0.3 is 0 Å². The van der Waals surface area contributed by atoms with Crippen molar-refractivity contribution in [2.24, 2.45) is 0 Å². The molecule has 0 nitrogen and oxygen atoms in total. The van der Waals surface area contributed by atoms with Crippen LogP contribution in [0.1, 0.15) is 25.0 Å². The summed E-state index contributed by atoms with van der Waals surface area (Å²) in [7, 11) is 0. The van der Waals surface area contributed by atoms with E-state index in [1.807, 2.05) is 0 Å². The highest BCUT2D eigenvalue weighted by Crippen LogP contribution is 2.28. The predicted octanol–water partition coefficient (Wildman–Crippen LogP) is 3.83. The number of benzene rings is 1. The molecular weight excluding hydrogens is 170 g/mol. The summed E-state index contributed by atoms with van der Waals surface area (Å²) in [6.45, 7) is 6.40. The molecule has 0 aromatic heterocycles. The van der Waals surface area contributed by atoms with Crippen LogP contribution in [0.2, 0.25) is 0 Å². The summed E-state index contributed by atoms with van der Waals surface area (Å²) in [5.74, 6) is -2.77. The van der Waals surface area contributed by atoms with Gasteiger partial charge in [-0.25, -0.2) is 8.78 Å². The van der Waals surface area contributed by atoms with Gasteiger partial charge in [0.05, 0.1) is 0 Å². The summed E-state index contributed by atoms with van der Waals surface area (Å²) in [6, 6.07) is 6.29. The minimum Gasteiger partial charge on any atom is -0.202 e. The van der Waals surface area contributed by atoms with Crippen LogP contribution in [0.25, 0.3) is 5.57 Å². The number of rotatable bonds is 2. The van der Waals surface area contributed by atoms with E-state index in [-0.39, 0.29) is 5.56 Å². The Morgan fingerprint density at radius 3 is 2.46 bits per heavy atom. The fraction of sp³-hybridized carbons (Fsp3) is 0.273. The van der Waals surface area contributed by atoms with Crippen molar-refractivity contribution < 1.29 is 8.78 Å². The molecular formula is C11H12F2. The lowest BCUT2D eigenvalue weighted by Gasteiger charge is -2.11. The molecule has 1 rings (SSSR count). The third-order valence-electron chi connectivity index (χ3n) is 1.86. The van der Waals surface area contributed by atoms with Crippen molar-refractivity contribution in [3.63, 3.8) is 0 Å². The second kappa shape index (κ2) is 3.29. The minimum atomic E-state index is -2.77. The first-order chi connectivity index (χ1) is 5.91. The quantitative estimate of drug-likeness (QED) is 0.652. The molecule has 0 aliphatic carbocycles. The van der Waals surface area contributed by atoms with Crippen LogP contribution >= 0.6 is 0 Å². The Labute approximate surface area is 76.9 Å². The van der Waals surface area contributed by atoms with Crippen LogP contribution in [0, 0.1) is 0 Å². The minimum absolute atomic E-state index is 0.0352. The van der Waals surface area contributed by atoms with Crippen LogP contribution in [0.15, 0.2) is 30.8 Å². The molecule has 0 saturated heterocycles. The zero-order chi connectivity index (χ0) is 10.1. The van der Waals surface area contributed by atoms with E-state index in [2.05, 4.69) is 6.58 Å². The molecule has 1 aromatic rings. The highest BCUT2D eigenvalue weighted by atomic mass is 19.3. The zero-order valence-electron chi connectivity index (χ0n) is 7.77. The van der Waals surface area contributed by atoms with Crippen LogP contribution in [0.5, 0.6) is 0 Å². The highest BCUT2D eigenvalue weighted by Gasteiger charge is 2.23. The number of allylic oxidation sites excluding steroid dienone is 1. The van der Waals surface area contributed by atoms with Crippen LogP contribution < -0.4 is 0 Å². The molecule has 0 bridgehead atoms. The lowest BCUT2D eigenvalue weighted by molar-refractivity contribution is 0.0174. The molecule has 70 valence electrons. The third-order valence-corrected chi connectivity index (χ3v) is 1.86. The second-order valence-electron chi connectivity index (χ2n) is 3.25. The summed E-state index contributed by atoms with van der Waals surface area (Å²) < 4.78 is 25.7. The largest absolute Gasteiger partial charge is 0.270 e. The zero-order valence-corrected chi connectivity index (χ0v) is 7.77. The van der Waals surface area contributed by atoms with Gasteiger partial charge in [0.2, 0.25) is 0 Å². The Morgan fingerprint density at radius 1 is 1.38 bits per heavy atom. The van der Waals surface area contributed by atoms with E-state index in [9.17, 15) is 8.78 Å². The number of alkyl halides is 2. The molecule has 0 aliphatic rings. The van der Waals surface area contributed by atoms with Crippen molar-refractivity contribution in [1.29, 1.82) is 0 Å². The smallest absolute Gasteiger partial charge is 0.202 e. The first-order valence-electron chi connectivity index (χ1n) is 4.05. The molecule has 2 heteroatoms. The summed E-state index contributed by atoms with van der Waals surface area (Å²) in [5, 5.41) is 0. The lowest BCUT2D eigenvalue weighted by atomic mass is 10.0. The first-order valence-corrected chi connectivity index (χ1v) is 4.05. The van der Waals surface area contributed by atoms with Gasteiger partial charge in [0.1, 0.15) is 0 Å². The molecule has 0 atom stereocenters. The Kier molecular flexibility index (Phi) is 2.50. The van der Waals surface area contributed by atoms with Gasteiger partial charge in [0.25, 0.3) is 5.92 Å². The van der Waals surface area contributed by atoms with Gasteiger partial charge in [-0.1, -0.05) is 30.4 Å². The standard InChI is InChI=1S/C11H12F2/c1-8(2)9-5-4-6-10(7-9)11(3,12)13/h4-7H,1H2,2-3H3. The fourth-order valence-electron chi connectivity index (χ4n) is 1.06. The average Bonchev–Trinajstić information content (AvgIpc) is 2.03. The van der Waals surface area contributed by atoms with Crippen LogP contribution in [0.3, 0.4) is 0 Å². The molecule has 0 amide bonds. The summed E-state index contributed by atoms with van der Waals surface area (Å²) >= 11 is 0. The van der Waals surface area contributed by atoms with Gasteiger partial charge in [-0.2, -0.15) is 0 Å². The molecule has 13 heavy (non-hydrogen) atoms. The lowest BCUT2D eigenvalue weighted by Crippen LogP contribution is -2.06. The van der Waals surface area contributed by atoms with Crippen molar-refractivity contribution in [2.45, 2.75) is 19.8 Å². The summed E-state index contributed by atoms with van der Waals surface area (Å²) in [5.41, 5.74) is 1.60. The second-order valence-corrected chi connectivity index (χ2v) is 3.25. The number of hydrogen-bond donors (Lipinski definition) is 0. The molecule has 0 radical (unpaired) electrons. The van der Waals surface area contributed by atoms with E-state index in [0.29, 0.717) is 0 Å². The Bertz CT molecular complexity index is 321. The Morgan fingerprint density at radius 2 is 2.00 bits per heavy atom. The van der Waals surface area contributed by atoms with Crippen LogP contribution in [0.4, 0.5) is 8.78 Å². The van der Waals surface area contributed by atoms with Gasteiger partial charge in [-0.05, 0) is 18.6 Å². The maximum Gasteiger partial charge on any atom is 0.270 e. The van der Waals surface area contributed by atoms with Gasteiger partial charge in [0.15, 0.2) is 0 Å². The fourth-order valence-corrected chi connectivity index (χ4v) is 1.06. The van der Waals surface area contributed by atoms with E-state index in [0.717, 1.165) is 18.1 Å². The van der Waals surface area contributed by atoms with Crippen molar-refractivity contribution in [1.82, 2.24) is 0 Å². The molecule has 0 N–H and O–H groups in total. The Balaban J connectivity index is 3.13. The highest BCUT2D eigenvalue weighted by molar-refractivity contribution is 5.61. The van der Waals surface area contributed by atoms with E-state index < -0.39 is 5.92 Å². The maximum absolute atomic E-state index is 12.9. The summed E-state index contributed by atoms with van der Waals surface area (Å²) in [4.78, 5) is 0. The Hall–Kier alpha value is -1.18. The van der Waals surface area contributed by atoms with Gasteiger partial charge in [-0.3, -0.25) is 0 Å². The van der Waals surface area contributed by atoms with Crippen molar-refractivity contribution in [2.75, 3.05) is 0 Å².